The van der Waals surface area contributed by atoms with Crippen molar-refractivity contribution < 1.29 is 21.9 Å². The van der Waals surface area contributed by atoms with Crippen LogP contribution in [0.2, 0.25) is 0 Å². The number of unbranched alkanes of at least 4 members (excludes halogenated alkanes) is 3. The van der Waals surface area contributed by atoms with E-state index in [0.29, 0.717) is 0 Å². The Hall–Kier alpha value is 0.260. The predicted molar refractivity (Wildman–Crippen MR) is 107 cm³/mol. The van der Waals surface area contributed by atoms with Crippen LogP contribution < -0.4 is 0 Å². The molecule has 0 amide bonds. The molecule has 5 nitrogen and oxygen atoms in total. The summed E-state index contributed by atoms with van der Waals surface area (Å²) in [7, 11) is -2.12. The second-order valence-corrected chi connectivity index (χ2v) is 9.73. The Labute approximate surface area is 157 Å². The van der Waals surface area contributed by atoms with Crippen LogP contribution in [0.25, 0.3) is 0 Å². The molecule has 7 heteroatoms. The van der Waals surface area contributed by atoms with Crippen molar-refractivity contribution in [2.45, 2.75) is 97.6 Å². The zero-order valence-electron chi connectivity index (χ0n) is 17.0. The second kappa shape index (κ2) is 13.4. The van der Waals surface area contributed by atoms with Gasteiger partial charge >= 0.3 is 0 Å². The first-order valence-electron chi connectivity index (χ1n) is 9.56. The molecule has 0 aromatic carbocycles. The molecule has 0 heterocycles. The maximum atomic E-state index is 11.6. The van der Waals surface area contributed by atoms with E-state index in [9.17, 15) is 8.42 Å². The molecular weight excluding hydrogens is 359 g/mol. The lowest BCUT2D eigenvalue weighted by Crippen LogP contribution is -2.37. The fraction of sp³-hybridized carbons (Fsp3) is 1.00. The largest absolute Gasteiger partial charge is 0.356 e. The van der Waals surface area contributed by atoms with Crippen LogP contribution in [0.15, 0.2) is 0 Å². The zero-order chi connectivity index (χ0) is 19.3. The van der Waals surface area contributed by atoms with Gasteiger partial charge in [0.25, 0.3) is 10.1 Å². The summed E-state index contributed by atoms with van der Waals surface area (Å²) in [6, 6.07) is 0. The van der Waals surface area contributed by atoms with E-state index in [2.05, 4.69) is 20.8 Å². The Morgan fingerprint density at radius 3 is 1.72 bits per heavy atom. The average molecular weight is 399 g/mol. The van der Waals surface area contributed by atoms with Gasteiger partial charge in [-0.3, -0.25) is 0 Å². The first-order chi connectivity index (χ1) is 11.7. The first kappa shape index (κ1) is 25.3. The van der Waals surface area contributed by atoms with E-state index in [0.717, 1.165) is 64.0 Å². The molecule has 0 bridgehead atoms. The molecule has 25 heavy (non-hydrogen) atoms. The molecule has 0 rings (SSSR count). The maximum absolute atomic E-state index is 11.6. The van der Waals surface area contributed by atoms with Crippen molar-refractivity contribution in [3.63, 3.8) is 0 Å². The first-order valence-corrected chi connectivity index (χ1v) is 12.4. The van der Waals surface area contributed by atoms with Crippen molar-refractivity contribution in [2.24, 2.45) is 5.41 Å². The van der Waals surface area contributed by atoms with Crippen LogP contribution in [0.1, 0.15) is 85.5 Å². The molecule has 0 radical (unpaired) electrons. The minimum atomic E-state index is -3.49. The number of hydrogen-bond donors (Lipinski definition) is 0. The Morgan fingerprint density at radius 2 is 1.40 bits per heavy atom. The molecule has 0 aliphatic heterocycles. The summed E-state index contributed by atoms with van der Waals surface area (Å²) in [6.45, 7) is 8.41. The van der Waals surface area contributed by atoms with Gasteiger partial charge in [0.2, 0.25) is 0 Å². The second-order valence-electron chi connectivity index (χ2n) is 6.90. The highest BCUT2D eigenvalue weighted by molar-refractivity contribution is 7.88. The van der Waals surface area contributed by atoms with Crippen LogP contribution in [-0.2, 0) is 23.6 Å². The highest BCUT2D eigenvalue weighted by atomic mass is 32.2. The van der Waals surface area contributed by atoms with Crippen LogP contribution in [-0.4, -0.2) is 33.9 Å². The van der Waals surface area contributed by atoms with E-state index < -0.39 is 10.1 Å². The molecule has 3 unspecified atom stereocenters. The van der Waals surface area contributed by atoms with Gasteiger partial charge in [0.1, 0.15) is 5.85 Å². The van der Waals surface area contributed by atoms with Gasteiger partial charge < -0.3 is 9.47 Å². The molecular formula is C18H39O5PS. The lowest BCUT2D eigenvalue weighted by atomic mass is 9.74. The molecule has 0 saturated heterocycles. The highest BCUT2D eigenvalue weighted by Crippen LogP contribution is 2.49. The fourth-order valence-corrected chi connectivity index (χ4v) is 5.01. The highest BCUT2D eigenvalue weighted by Gasteiger charge is 2.40. The Morgan fingerprint density at radius 1 is 0.960 bits per heavy atom. The molecule has 0 aliphatic carbocycles. The van der Waals surface area contributed by atoms with Gasteiger partial charge in [-0.25, -0.2) is 3.97 Å². The summed E-state index contributed by atoms with van der Waals surface area (Å²) in [5.74, 6) is -0.262. The van der Waals surface area contributed by atoms with Crippen molar-refractivity contribution in [1.29, 1.82) is 0 Å². The monoisotopic (exact) mass is 398 g/mol. The van der Waals surface area contributed by atoms with E-state index in [1.165, 1.54) is 0 Å². The third-order valence-corrected chi connectivity index (χ3v) is 7.17. The molecule has 0 aromatic rings. The van der Waals surface area contributed by atoms with E-state index in [4.69, 9.17) is 13.4 Å². The number of hydrogen-bond acceptors (Lipinski definition) is 5. The summed E-state index contributed by atoms with van der Waals surface area (Å²) in [6.07, 6.45) is 10.5. The predicted octanol–water partition coefficient (Wildman–Crippen LogP) is 5.45. The topological polar surface area (TPSA) is 61.8 Å². The van der Waals surface area contributed by atoms with E-state index in [-0.39, 0.29) is 26.4 Å². The van der Waals surface area contributed by atoms with Gasteiger partial charge in [-0.05, 0) is 26.2 Å². The van der Waals surface area contributed by atoms with Crippen molar-refractivity contribution in [3.05, 3.63) is 0 Å². The van der Waals surface area contributed by atoms with Crippen molar-refractivity contribution in [3.8, 4) is 0 Å². The standard InChI is InChI=1S/C18H39O5PS/c1-7-10-13-18(14-11-8-2,15-12-9-3)17(22-16(4)21-5)24-23-25(6,19)20/h16-17,24H,7-15H2,1-6H3. The van der Waals surface area contributed by atoms with Gasteiger partial charge in [0, 0.05) is 12.5 Å². The molecule has 0 aliphatic rings. The quantitative estimate of drug-likeness (QED) is 0.256. The van der Waals surface area contributed by atoms with Crippen LogP contribution >= 0.6 is 8.81 Å². The lowest BCUT2D eigenvalue weighted by Gasteiger charge is -2.41. The van der Waals surface area contributed by atoms with Crippen LogP contribution in [0, 0.1) is 5.41 Å². The van der Waals surface area contributed by atoms with E-state index in [1.807, 2.05) is 6.92 Å². The van der Waals surface area contributed by atoms with Crippen molar-refractivity contribution >= 4 is 18.9 Å². The molecule has 152 valence electrons. The van der Waals surface area contributed by atoms with Gasteiger partial charge in [0.15, 0.2) is 6.29 Å². The van der Waals surface area contributed by atoms with Gasteiger partial charge in [-0.15, -0.1) is 0 Å². The number of rotatable bonds is 16. The smallest absolute Gasteiger partial charge is 0.267 e. The number of methoxy groups -OCH3 is 1. The minimum absolute atomic E-state index is 0.0576. The number of ether oxygens (including phenoxy) is 2. The summed E-state index contributed by atoms with van der Waals surface area (Å²) in [5.41, 5.74) is -0.0576. The fourth-order valence-electron chi connectivity index (χ4n) is 3.03. The van der Waals surface area contributed by atoms with Crippen LogP contribution in [0.4, 0.5) is 0 Å². The molecule has 0 saturated carbocycles. The van der Waals surface area contributed by atoms with E-state index in [1.54, 1.807) is 7.11 Å². The molecule has 0 fully saturated rings. The summed E-state index contributed by atoms with van der Waals surface area (Å²) in [4.78, 5) is 0. The molecule has 0 N–H and O–H groups in total. The normalized spacial score (nSPS) is 15.8. The molecule has 0 spiro atoms. The van der Waals surface area contributed by atoms with Crippen LogP contribution in [0.5, 0.6) is 0 Å². The van der Waals surface area contributed by atoms with E-state index >= 15 is 0 Å². The molecule has 0 aromatic heterocycles. The Balaban J connectivity index is 5.58. The van der Waals surface area contributed by atoms with Gasteiger partial charge in [-0.2, -0.15) is 8.42 Å². The third kappa shape index (κ3) is 10.9. The van der Waals surface area contributed by atoms with Gasteiger partial charge in [0.05, 0.1) is 15.1 Å². The van der Waals surface area contributed by atoms with Crippen molar-refractivity contribution in [2.75, 3.05) is 13.4 Å². The minimum Gasteiger partial charge on any atom is -0.356 e. The SMILES string of the molecule is CCCCC(CCCC)(CCCC)C(OC(C)OC)POS(C)(=O)=O. The average Bonchev–Trinajstić information content (AvgIpc) is 2.57. The zero-order valence-corrected chi connectivity index (χ0v) is 18.8. The Kier molecular flexibility index (Phi) is 13.6. The lowest BCUT2D eigenvalue weighted by molar-refractivity contribution is -0.154. The maximum Gasteiger partial charge on any atom is 0.267 e. The molecule has 3 atom stereocenters. The third-order valence-electron chi connectivity index (χ3n) is 4.61. The summed E-state index contributed by atoms with van der Waals surface area (Å²) in [5, 5.41) is 0. The summed E-state index contributed by atoms with van der Waals surface area (Å²) >= 11 is 0. The Bertz CT molecular complexity index is 405. The van der Waals surface area contributed by atoms with Crippen molar-refractivity contribution in [1.82, 2.24) is 0 Å². The van der Waals surface area contributed by atoms with Gasteiger partial charge in [-0.1, -0.05) is 59.3 Å². The van der Waals surface area contributed by atoms with Crippen LogP contribution in [0.3, 0.4) is 0 Å². The summed E-state index contributed by atoms with van der Waals surface area (Å²) < 4.78 is 39.8.